The number of thiophene rings is 1. The highest BCUT2D eigenvalue weighted by molar-refractivity contribution is 7.11. The molecule has 0 N–H and O–H groups in total. The second-order valence-electron chi connectivity index (χ2n) is 5.25. The smallest absolute Gasteiger partial charge is 0.101 e. The maximum atomic E-state index is 4.51. The van der Waals surface area contributed by atoms with Gasteiger partial charge in [-0.15, -0.1) is 16.4 Å². The van der Waals surface area contributed by atoms with E-state index in [9.17, 15) is 0 Å². The fraction of sp³-hybridized carbons (Fsp3) is 0.0526. The highest BCUT2D eigenvalue weighted by atomic mass is 32.1. The monoisotopic (exact) mass is 302 g/mol. The molecule has 0 spiro atoms. The minimum absolute atomic E-state index is 0.955. The molecule has 4 rings (SSSR count). The summed E-state index contributed by atoms with van der Waals surface area (Å²) >= 11 is 1.68. The molecule has 0 atom stereocenters. The van der Waals surface area contributed by atoms with E-state index in [1.54, 1.807) is 11.3 Å². The van der Waals surface area contributed by atoms with Crippen LogP contribution in [0.4, 0.5) is 0 Å². The van der Waals surface area contributed by atoms with Crippen LogP contribution in [0.5, 0.6) is 0 Å². The second kappa shape index (κ2) is 5.35. The summed E-state index contributed by atoms with van der Waals surface area (Å²) in [5.74, 6) is 0. The number of benzene rings is 2. The molecule has 0 fully saturated rings. The van der Waals surface area contributed by atoms with Gasteiger partial charge in [-0.2, -0.15) is 5.10 Å². The molecule has 2 aromatic carbocycles. The first-order valence-corrected chi connectivity index (χ1v) is 8.07. The summed E-state index contributed by atoms with van der Waals surface area (Å²) < 4.78 is 0. The molecule has 0 aliphatic heterocycles. The van der Waals surface area contributed by atoms with E-state index in [0.717, 1.165) is 21.7 Å². The van der Waals surface area contributed by atoms with Crippen LogP contribution < -0.4 is 0 Å². The maximum Gasteiger partial charge on any atom is 0.101 e. The molecule has 1 aliphatic carbocycles. The van der Waals surface area contributed by atoms with Gasteiger partial charge in [0, 0.05) is 11.1 Å². The quantitative estimate of drug-likeness (QED) is 0.371. The first kappa shape index (κ1) is 13.2. The van der Waals surface area contributed by atoms with Crippen LogP contribution in [0.3, 0.4) is 0 Å². The molecule has 0 saturated heterocycles. The molecule has 0 amide bonds. The SMILES string of the molecule is Cc1ccsc1/C=N/N=C1c2ccccc2-c2ccccc21. The minimum atomic E-state index is 0.955. The Morgan fingerprint density at radius 1 is 0.818 bits per heavy atom. The summed E-state index contributed by atoms with van der Waals surface area (Å²) in [6.07, 6.45) is 1.84. The zero-order valence-corrected chi connectivity index (χ0v) is 13.0. The standard InChI is InChI=1S/C19H14N2S/c1-13-10-11-22-18(13)12-20-21-19-16-8-4-2-6-14(16)15-7-3-5-9-17(15)19/h2-12H,1H3/b20-12+. The van der Waals surface area contributed by atoms with Gasteiger partial charge >= 0.3 is 0 Å². The Labute approximate surface area is 133 Å². The molecule has 3 heteroatoms. The summed E-state index contributed by atoms with van der Waals surface area (Å²) in [5.41, 5.74) is 6.98. The van der Waals surface area contributed by atoms with Crippen LogP contribution in [-0.4, -0.2) is 11.9 Å². The van der Waals surface area contributed by atoms with E-state index in [4.69, 9.17) is 0 Å². The Bertz CT molecular complexity index is 856. The Hall–Kier alpha value is -2.52. The number of hydrogen-bond acceptors (Lipinski definition) is 3. The molecule has 0 radical (unpaired) electrons. The Morgan fingerprint density at radius 2 is 1.41 bits per heavy atom. The molecule has 1 heterocycles. The van der Waals surface area contributed by atoms with E-state index < -0.39 is 0 Å². The van der Waals surface area contributed by atoms with E-state index in [1.807, 2.05) is 18.3 Å². The van der Waals surface area contributed by atoms with Gasteiger partial charge in [0.2, 0.25) is 0 Å². The lowest BCUT2D eigenvalue weighted by atomic mass is 10.1. The van der Waals surface area contributed by atoms with Crippen LogP contribution in [0.1, 0.15) is 21.6 Å². The minimum Gasteiger partial charge on any atom is -0.157 e. The van der Waals surface area contributed by atoms with Gasteiger partial charge in [0.1, 0.15) is 5.71 Å². The number of fused-ring (bicyclic) bond motifs is 3. The molecule has 106 valence electrons. The van der Waals surface area contributed by atoms with Crippen LogP contribution in [0.25, 0.3) is 11.1 Å². The molecule has 1 aliphatic rings. The van der Waals surface area contributed by atoms with Crippen molar-refractivity contribution in [3.05, 3.63) is 81.5 Å². The largest absolute Gasteiger partial charge is 0.157 e. The van der Waals surface area contributed by atoms with Gasteiger partial charge in [0.15, 0.2) is 0 Å². The van der Waals surface area contributed by atoms with Gasteiger partial charge in [-0.1, -0.05) is 48.5 Å². The van der Waals surface area contributed by atoms with Crippen molar-refractivity contribution in [1.82, 2.24) is 0 Å². The molecular formula is C19H14N2S. The third-order valence-electron chi connectivity index (χ3n) is 3.89. The van der Waals surface area contributed by atoms with Crippen molar-refractivity contribution >= 4 is 23.3 Å². The molecule has 3 aromatic rings. The summed E-state index contributed by atoms with van der Waals surface area (Å²) in [6, 6.07) is 18.8. The van der Waals surface area contributed by atoms with Crippen molar-refractivity contribution in [1.29, 1.82) is 0 Å². The van der Waals surface area contributed by atoms with Gasteiger partial charge in [-0.05, 0) is 35.1 Å². The number of nitrogens with zero attached hydrogens (tertiary/aromatic N) is 2. The Balaban J connectivity index is 1.80. The zero-order valence-electron chi connectivity index (χ0n) is 12.2. The maximum absolute atomic E-state index is 4.51. The Kier molecular flexibility index (Phi) is 3.20. The fourth-order valence-corrected chi connectivity index (χ4v) is 3.54. The highest BCUT2D eigenvalue weighted by Crippen LogP contribution is 2.36. The van der Waals surface area contributed by atoms with E-state index in [0.29, 0.717) is 0 Å². The fourth-order valence-electron chi connectivity index (χ4n) is 2.76. The van der Waals surface area contributed by atoms with Gasteiger partial charge in [0.25, 0.3) is 0 Å². The summed E-state index contributed by atoms with van der Waals surface area (Å²) in [6.45, 7) is 2.09. The normalized spacial score (nSPS) is 12.5. The number of rotatable bonds is 2. The van der Waals surface area contributed by atoms with Crippen molar-refractivity contribution in [3.63, 3.8) is 0 Å². The van der Waals surface area contributed by atoms with E-state index in [2.05, 4.69) is 65.0 Å². The lowest BCUT2D eigenvalue weighted by Gasteiger charge is -1.98. The molecule has 0 bridgehead atoms. The van der Waals surface area contributed by atoms with E-state index in [1.165, 1.54) is 16.7 Å². The lowest BCUT2D eigenvalue weighted by Crippen LogP contribution is -1.97. The van der Waals surface area contributed by atoms with Crippen molar-refractivity contribution in [3.8, 4) is 11.1 Å². The first-order valence-electron chi connectivity index (χ1n) is 7.19. The number of aryl methyl sites for hydroxylation is 1. The number of hydrogen-bond donors (Lipinski definition) is 0. The molecule has 22 heavy (non-hydrogen) atoms. The third kappa shape index (κ3) is 2.11. The summed E-state index contributed by atoms with van der Waals surface area (Å²) in [5, 5.41) is 10.9. The van der Waals surface area contributed by atoms with Crippen molar-refractivity contribution in [2.75, 3.05) is 0 Å². The van der Waals surface area contributed by atoms with Gasteiger partial charge in [-0.3, -0.25) is 0 Å². The van der Waals surface area contributed by atoms with Crippen molar-refractivity contribution < 1.29 is 0 Å². The molecule has 0 saturated carbocycles. The van der Waals surface area contributed by atoms with Crippen LogP contribution in [0.15, 0.2) is 70.2 Å². The molecule has 2 nitrogen and oxygen atoms in total. The predicted molar refractivity (Wildman–Crippen MR) is 94.2 cm³/mol. The average molecular weight is 302 g/mol. The lowest BCUT2D eigenvalue weighted by molar-refractivity contribution is 1.25. The third-order valence-corrected chi connectivity index (χ3v) is 4.84. The van der Waals surface area contributed by atoms with Crippen LogP contribution in [0, 0.1) is 6.92 Å². The second-order valence-corrected chi connectivity index (χ2v) is 6.20. The predicted octanol–water partition coefficient (Wildman–Crippen LogP) is 4.91. The average Bonchev–Trinajstić information content (AvgIpc) is 3.10. The van der Waals surface area contributed by atoms with Gasteiger partial charge in [0.05, 0.1) is 11.1 Å². The van der Waals surface area contributed by atoms with Crippen molar-refractivity contribution in [2.24, 2.45) is 10.2 Å². The van der Waals surface area contributed by atoms with Gasteiger partial charge in [-0.25, -0.2) is 0 Å². The molecule has 0 unspecified atom stereocenters. The summed E-state index contributed by atoms with van der Waals surface area (Å²) in [7, 11) is 0. The van der Waals surface area contributed by atoms with E-state index in [-0.39, 0.29) is 0 Å². The summed E-state index contributed by atoms with van der Waals surface area (Å²) in [4.78, 5) is 1.16. The molecular weight excluding hydrogens is 288 g/mol. The highest BCUT2D eigenvalue weighted by Gasteiger charge is 2.23. The van der Waals surface area contributed by atoms with E-state index >= 15 is 0 Å². The zero-order chi connectivity index (χ0) is 14.9. The van der Waals surface area contributed by atoms with Gasteiger partial charge < -0.3 is 0 Å². The van der Waals surface area contributed by atoms with Crippen LogP contribution >= 0.6 is 11.3 Å². The first-order chi connectivity index (χ1) is 10.8. The van der Waals surface area contributed by atoms with Crippen LogP contribution in [0.2, 0.25) is 0 Å². The van der Waals surface area contributed by atoms with Crippen molar-refractivity contribution in [2.45, 2.75) is 6.92 Å². The topological polar surface area (TPSA) is 24.7 Å². The Morgan fingerprint density at radius 3 is 1.95 bits per heavy atom. The molecule has 1 aromatic heterocycles. The van der Waals surface area contributed by atoms with Crippen LogP contribution in [-0.2, 0) is 0 Å².